The Hall–Kier alpha value is -1.40. The van der Waals surface area contributed by atoms with Gasteiger partial charge in [0.1, 0.15) is 11.6 Å². The van der Waals surface area contributed by atoms with Gasteiger partial charge in [-0.3, -0.25) is 4.79 Å². The molecule has 108 valence electrons. The van der Waals surface area contributed by atoms with Gasteiger partial charge in [-0.15, -0.1) is 0 Å². The molecule has 2 heterocycles. The second kappa shape index (κ2) is 4.86. The van der Waals surface area contributed by atoms with Gasteiger partial charge in [0.05, 0.1) is 11.2 Å². The molecule has 1 fully saturated rings. The number of rotatable bonds is 3. The topological polar surface area (TPSA) is 74.4 Å². The molecule has 0 saturated carbocycles. The largest absolute Gasteiger partial charge is 0.496 e. The molecule has 1 aromatic rings. The molecular formula is C14H21BN2O3. The van der Waals surface area contributed by atoms with Gasteiger partial charge in [-0.2, -0.15) is 0 Å². The van der Waals surface area contributed by atoms with Crippen LogP contribution in [0.2, 0.25) is 0 Å². The van der Waals surface area contributed by atoms with Gasteiger partial charge >= 0.3 is 7.12 Å². The molecule has 1 aliphatic rings. The van der Waals surface area contributed by atoms with Crippen LogP contribution in [0, 0.1) is 0 Å². The number of hydrogen-bond donors (Lipinski definition) is 1. The summed E-state index contributed by atoms with van der Waals surface area (Å²) in [6.45, 7) is 9.48. The Balaban J connectivity index is 2.37. The van der Waals surface area contributed by atoms with Crippen LogP contribution in [-0.4, -0.2) is 29.1 Å². The lowest BCUT2D eigenvalue weighted by Gasteiger charge is -2.32. The Morgan fingerprint density at radius 1 is 1.25 bits per heavy atom. The van der Waals surface area contributed by atoms with Crippen molar-refractivity contribution in [3.05, 3.63) is 17.8 Å². The molecule has 0 spiro atoms. The number of hydrogen-bond acceptors (Lipinski definition) is 5. The minimum atomic E-state index is -0.526. The van der Waals surface area contributed by atoms with E-state index in [0.29, 0.717) is 11.5 Å². The Morgan fingerprint density at radius 2 is 1.80 bits per heavy atom. The SMILES string of the molecule is CC(=O)Cc1nc(N)ccc1B1OC(C)(C)C(C)(C)O1. The van der Waals surface area contributed by atoms with Gasteiger partial charge in [-0.1, -0.05) is 6.07 Å². The van der Waals surface area contributed by atoms with E-state index in [9.17, 15) is 4.79 Å². The first kappa shape index (κ1) is 15.0. The third kappa shape index (κ3) is 2.71. The van der Waals surface area contributed by atoms with Crippen LogP contribution in [-0.2, 0) is 20.5 Å². The number of Topliss-reactive ketones (excluding diaryl/α,β-unsaturated/α-hetero) is 1. The maximum atomic E-state index is 11.4. The summed E-state index contributed by atoms with van der Waals surface area (Å²) in [7, 11) is -0.526. The quantitative estimate of drug-likeness (QED) is 0.836. The summed E-state index contributed by atoms with van der Waals surface area (Å²) in [6, 6.07) is 3.52. The van der Waals surface area contributed by atoms with Crippen molar-refractivity contribution < 1.29 is 14.1 Å². The molecule has 1 saturated heterocycles. The molecule has 0 unspecified atom stereocenters. The van der Waals surface area contributed by atoms with E-state index in [1.807, 2.05) is 33.8 Å². The van der Waals surface area contributed by atoms with Crippen molar-refractivity contribution in [2.45, 2.75) is 52.2 Å². The van der Waals surface area contributed by atoms with Gasteiger partial charge < -0.3 is 15.0 Å². The number of nitrogens with zero attached hydrogens (tertiary/aromatic N) is 1. The summed E-state index contributed by atoms with van der Waals surface area (Å²) in [5.74, 6) is 0.419. The zero-order valence-corrected chi connectivity index (χ0v) is 12.7. The molecule has 0 radical (unpaired) electrons. The van der Waals surface area contributed by atoms with Crippen LogP contribution >= 0.6 is 0 Å². The number of anilines is 1. The van der Waals surface area contributed by atoms with E-state index < -0.39 is 18.3 Å². The van der Waals surface area contributed by atoms with Gasteiger partial charge in [0.15, 0.2) is 0 Å². The molecule has 2 N–H and O–H groups in total. The van der Waals surface area contributed by atoms with Crippen LogP contribution in [0.25, 0.3) is 0 Å². The lowest BCUT2D eigenvalue weighted by molar-refractivity contribution is -0.116. The highest BCUT2D eigenvalue weighted by Crippen LogP contribution is 2.36. The second-order valence-corrected chi connectivity index (χ2v) is 6.24. The summed E-state index contributed by atoms with van der Waals surface area (Å²) in [5.41, 5.74) is 6.25. The van der Waals surface area contributed by atoms with Gasteiger partial charge in [-0.05, 0) is 40.7 Å². The van der Waals surface area contributed by atoms with E-state index in [1.165, 1.54) is 6.92 Å². The summed E-state index contributed by atoms with van der Waals surface area (Å²) in [6.07, 6.45) is 0.227. The lowest BCUT2D eigenvalue weighted by Crippen LogP contribution is -2.41. The molecule has 0 aliphatic carbocycles. The maximum Gasteiger partial charge on any atom is 0.496 e. The van der Waals surface area contributed by atoms with Gasteiger partial charge in [0.25, 0.3) is 0 Å². The molecule has 2 rings (SSSR count). The zero-order valence-electron chi connectivity index (χ0n) is 12.7. The highest BCUT2D eigenvalue weighted by Gasteiger charge is 2.52. The summed E-state index contributed by atoms with van der Waals surface area (Å²) < 4.78 is 12.0. The molecule has 5 nitrogen and oxygen atoms in total. The van der Waals surface area contributed by atoms with Gasteiger partial charge in [-0.25, -0.2) is 4.98 Å². The summed E-state index contributed by atoms with van der Waals surface area (Å²) in [4.78, 5) is 15.6. The predicted octanol–water partition coefficient (Wildman–Crippen LogP) is 1.09. The number of aromatic nitrogens is 1. The van der Waals surface area contributed by atoms with Crippen molar-refractivity contribution in [1.29, 1.82) is 0 Å². The van der Waals surface area contributed by atoms with Crippen LogP contribution in [0.3, 0.4) is 0 Å². The van der Waals surface area contributed by atoms with Crippen molar-refractivity contribution in [3.63, 3.8) is 0 Å². The number of ketones is 1. The van der Waals surface area contributed by atoms with Crippen molar-refractivity contribution in [1.82, 2.24) is 4.98 Å². The van der Waals surface area contributed by atoms with E-state index in [4.69, 9.17) is 15.0 Å². The van der Waals surface area contributed by atoms with Crippen molar-refractivity contribution in [3.8, 4) is 0 Å². The fourth-order valence-electron chi connectivity index (χ4n) is 2.09. The summed E-state index contributed by atoms with van der Waals surface area (Å²) >= 11 is 0. The Morgan fingerprint density at radius 3 is 2.30 bits per heavy atom. The predicted molar refractivity (Wildman–Crippen MR) is 78.8 cm³/mol. The highest BCUT2D eigenvalue weighted by molar-refractivity contribution is 6.62. The smallest absolute Gasteiger partial charge is 0.399 e. The monoisotopic (exact) mass is 276 g/mol. The average molecular weight is 276 g/mol. The Kier molecular flexibility index (Phi) is 3.65. The fourth-order valence-corrected chi connectivity index (χ4v) is 2.09. The zero-order chi connectivity index (χ0) is 15.1. The van der Waals surface area contributed by atoms with Crippen LogP contribution < -0.4 is 11.2 Å². The number of carbonyl (C=O) groups is 1. The van der Waals surface area contributed by atoms with Gasteiger partial charge in [0.2, 0.25) is 0 Å². The molecule has 0 amide bonds. The van der Waals surface area contributed by atoms with E-state index in [-0.39, 0.29) is 12.2 Å². The van der Waals surface area contributed by atoms with Crippen molar-refractivity contribution in [2.24, 2.45) is 0 Å². The van der Waals surface area contributed by atoms with E-state index in [1.54, 1.807) is 6.07 Å². The van der Waals surface area contributed by atoms with Gasteiger partial charge in [0, 0.05) is 17.6 Å². The standard InChI is InChI=1S/C14H21BN2O3/c1-9(18)8-11-10(6-7-12(16)17-11)15-19-13(2,3)14(4,5)20-15/h6-7H,8H2,1-5H3,(H2,16,17). The second-order valence-electron chi connectivity index (χ2n) is 6.24. The number of nitrogen functional groups attached to an aromatic ring is 1. The minimum Gasteiger partial charge on any atom is -0.399 e. The number of pyridine rings is 1. The fraction of sp³-hybridized carbons (Fsp3) is 0.571. The number of nitrogens with two attached hydrogens (primary N) is 1. The normalized spacial score (nSPS) is 20.1. The molecular weight excluding hydrogens is 255 g/mol. The molecule has 6 heteroatoms. The minimum absolute atomic E-state index is 0.0286. The first-order valence-corrected chi connectivity index (χ1v) is 6.73. The number of carbonyl (C=O) groups excluding carboxylic acids is 1. The molecule has 1 aromatic heterocycles. The average Bonchev–Trinajstić information content (AvgIpc) is 2.46. The first-order valence-electron chi connectivity index (χ1n) is 6.73. The first-order chi connectivity index (χ1) is 9.12. The molecule has 0 aromatic carbocycles. The lowest BCUT2D eigenvalue weighted by atomic mass is 9.77. The molecule has 0 bridgehead atoms. The van der Waals surface area contributed by atoms with Crippen LogP contribution in [0.1, 0.15) is 40.3 Å². The summed E-state index contributed by atoms with van der Waals surface area (Å²) in [5, 5.41) is 0. The Bertz CT molecular complexity index is 527. The Labute approximate surface area is 120 Å². The molecule has 20 heavy (non-hydrogen) atoms. The van der Waals surface area contributed by atoms with E-state index in [2.05, 4.69) is 4.98 Å². The van der Waals surface area contributed by atoms with Crippen molar-refractivity contribution in [2.75, 3.05) is 5.73 Å². The van der Waals surface area contributed by atoms with E-state index >= 15 is 0 Å². The third-order valence-electron chi connectivity index (χ3n) is 3.95. The van der Waals surface area contributed by atoms with Crippen LogP contribution in [0.15, 0.2) is 12.1 Å². The van der Waals surface area contributed by atoms with Crippen LogP contribution in [0.4, 0.5) is 5.82 Å². The maximum absolute atomic E-state index is 11.4. The van der Waals surface area contributed by atoms with Crippen LogP contribution in [0.5, 0.6) is 0 Å². The van der Waals surface area contributed by atoms with Crippen molar-refractivity contribution >= 4 is 24.2 Å². The third-order valence-corrected chi connectivity index (χ3v) is 3.95. The highest BCUT2D eigenvalue weighted by atomic mass is 16.7. The molecule has 1 aliphatic heterocycles. The van der Waals surface area contributed by atoms with E-state index in [0.717, 1.165) is 5.46 Å². The molecule has 0 atom stereocenters.